The second-order valence-corrected chi connectivity index (χ2v) is 8.28. The van der Waals surface area contributed by atoms with Gasteiger partial charge < -0.3 is 4.74 Å². The van der Waals surface area contributed by atoms with Crippen molar-refractivity contribution in [2.45, 2.75) is 16.3 Å². The van der Waals surface area contributed by atoms with E-state index in [1.54, 1.807) is 31.5 Å². The van der Waals surface area contributed by atoms with Crippen molar-refractivity contribution in [2.75, 3.05) is 7.11 Å². The molecule has 0 fully saturated rings. The summed E-state index contributed by atoms with van der Waals surface area (Å²) < 4.78 is 45.6. The van der Waals surface area contributed by atoms with Crippen molar-refractivity contribution in [1.82, 2.24) is 9.78 Å². The molecule has 0 aliphatic rings. The summed E-state index contributed by atoms with van der Waals surface area (Å²) in [6.07, 6.45) is 1.64. The molecule has 28 heavy (non-hydrogen) atoms. The van der Waals surface area contributed by atoms with Crippen molar-refractivity contribution in [2.24, 2.45) is 0 Å². The largest absolute Gasteiger partial charge is 0.497 e. The van der Waals surface area contributed by atoms with E-state index in [4.69, 9.17) is 4.74 Å². The third-order valence-electron chi connectivity index (χ3n) is 4.54. The standard InChI is InChI=1S/C21H17FN2O3S/c1-27-18-6-2-15(3-7-18)14-24-21-11-10-20(12-16(21)13-23-24)28(25,26)19-8-4-17(22)5-9-19/h2-13H,14H2,1H3. The number of nitrogens with zero attached hydrogens (tertiary/aromatic N) is 2. The lowest BCUT2D eigenvalue weighted by Gasteiger charge is -2.07. The van der Waals surface area contributed by atoms with E-state index in [2.05, 4.69) is 5.10 Å². The number of sulfone groups is 1. The molecule has 4 rings (SSSR count). The quantitative estimate of drug-likeness (QED) is 0.477. The number of rotatable bonds is 5. The Morgan fingerprint density at radius 1 is 0.964 bits per heavy atom. The van der Waals surface area contributed by atoms with Gasteiger partial charge in [0.2, 0.25) is 9.84 Å². The molecule has 3 aromatic carbocycles. The van der Waals surface area contributed by atoms with Gasteiger partial charge in [-0.3, -0.25) is 4.68 Å². The molecule has 1 aromatic heterocycles. The molecule has 0 atom stereocenters. The van der Waals surface area contributed by atoms with Crippen LogP contribution >= 0.6 is 0 Å². The first-order valence-corrected chi connectivity index (χ1v) is 10.0. The molecule has 142 valence electrons. The van der Waals surface area contributed by atoms with Crippen molar-refractivity contribution >= 4 is 20.7 Å². The molecule has 4 aromatic rings. The molecule has 5 nitrogen and oxygen atoms in total. The van der Waals surface area contributed by atoms with Crippen molar-refractivity contribution in [3.63, 3.8) is 0 Å². The maximum Gasteiger partial charge on any atom is 0.206 e. The van der Waals surface area contributed by atoms with Crippen molar-refractivity contribution in [3.8, 4) is 5.75 Å². The fourth-order valence-electron chi connectivity index (χ4n) is 3.01. The first-order valence-electron chi connectivity index (χ1n) is 8.56. The monoisotopic (exact) mass is 396 g/mol. The molecular formula is C21H17FN2O3S. The van der Waals surface area contributed by atoms with Crippen LogP contribution in [0.2, 0.25) is 0 Å². The minimum Gasteiger partial charge on any atom is -0.497 e. The van der Waals surface area contributed by atoms with Crippen LogP contribution in [0.25, 0.3) is 10.9 Å². The van der Waals surface area contributed by atoms with Crippen LogP contribution in [0.5, 0.6) is 5.75 Å². The molecule has 7 heteroatoms. The zero-order chi connectivity index (χ0) is 19.7. The highest BCUT2D eigenvalue weighted by Gasteiger charge is 2.19. The number of fused-ring (bicyclic) bond motifs is 1. The van der Waals surface area contributed by atoms with E-state index >= 15 is 0 Å². The Hall–Kier alpha value is -3.19. The molecule has 0 N–H and O–H groups in total. The predicted molar refractivity (Wildman–Crippen MR) is 104 cm³/mol. The molecular weight excluding hydrogens is 379 g/mol. The Labute approximate surface area is 161 Å². The summed E-state index contributed by atoms with van der Waals surface area (Å²) in [7, 11) is -2.10. The molecule has 0 unspecified atom stereocenters. The second-order valence-electron chi connectivity index (χ2n) is 6.33. The van der Waals surface area contributed by atoms with Crippen LogP contribution in [-0.4, -0.2) is 25.3 Å². The van der Waals surface area contributed by atoms with E-state index in [0.29, 0.717) is 6.54 Å². The van der Waals surface area contributed by atoms with E-state index in [9.17, 15) is 12.8 Å². The van der Waals surface area contributed by atoms with Gasteiger partial charge in [-0.05, 0) is 60.2 Å². The average Bonchev–Trinajstić information content (AvgIpc) is 3.11. The average molecular weight is 396 g/mol. The van der Waals surface area contributed by atoms with Crippen LogP contribution in [0.1, 0.15) is 5.56 Å². The lowest BCUT2D eigenvalue weighted by molar-refractivity contribution is 0.414. The molecule has 0 spiro atoms. The molecule has 0 bridgehead atoms. The number of aromatic nitrogens is 2. The van der Waals surface area contributed by atoms with Crippen LogP contribution in [-0.2, 0) is 16.4 Å². The zero-order valence-corrected chi connectivity index (χ0v) is 15.9. The van der Waals surface area contributed by atoms with Crippen LogP contribution in [0, 0.1) is 5.82 Å². The van der Waals surface area contributed by atoms with Crippen LogP contribution in [0.4, 0.5) is 4.39 Å². The highest BCUT2D eigenvalue weighted by Crippen LogP contribution is 2.25. The fourth-order valence-corrected chi connectivity index (χ4v) is 4.31. The minimum absolute atomic E-state index is 0.0545. The molecule has 0 aliphatic heterocycles. The summed E-state index contributed by atoms with van der Waals surface area (Å²) in [5.74, 6) is 0.305. The topological polar surface area (TPSA) is 61.2 Å². The van der Waals surface area contributed by atoms with Gasteiger partial charge in [0.05, 0.1) is 35.2 Å². The summed E-state index contributed by atoms with van der Waals surface area (Å²) in [6, 6.07) is 17.4. The Kier molecular flexibility index (Phi) is 4.60. The molecule has 0 saturated carbocycles. The Balaban J connectivity index is 1.66. The van der Waals surface area contributed by atoms with E-state index in [1.165, 1.54) is 12.1 Å². The second kappa shape index (κ2) is 7.09. The minimum atomic E-state index is -3.72. The zero-order valence-electron chi connectivity index (χ0n) is 15.0. The van der Waals surface area contributed by atoms with Gasteiger partial charge in [0.25, 0.3) is 0 Å². The van der Waals surface area contributed by atoms with Crippen LogP contribution in [0.15, 0.2) is 82.7 Å². The van der Waals surface area contributed by atoms with Crippen molar-refractivity contribution in [1.29, 1.82) is 0 Å². The number of halogens is 1. The normalized spacial score (nSPS) is 11.6. The first-order chi connectivity index (χ1) is 13.5. The third kappa shape index (κ3) is 3.36. The Morgan fingerprint density at radius 3 is 2.32 bits per heavy atom. The van der Waals surface area contributed by atoms with Gasteiger partial charge in [0.15, 0.2) is 0 Å². The number of hydrogen-bond donors (Lipinski definition) is 0. The van der Waals surface area contributed by atoms with Gasteiger partial charge in [-0.2, -0.15) is 5.10 Å². The van der Waals surface area contributed by atoms with E-state index < -0.39 is 15.7 Å². The molecule has 0 saturated heterocycles. The number of hydrogen-bond acceptors (Lipinski definition) is 4. The van der Waals surface area contributed by atoms with Gasteiger partial charge >= 0.3 is 0 Å². The molecule has 0 aliphatic carbocycles. The summed E-state index contributed by atoms with van der Waals surface area (Å²) in [5.41, 5.74) is 1.88. The van der Waals surface area contributed by atoms with Crippen molar-refractivity contribution in [3.05, 3.63) is 84.3 Å². The summed E-state index contributed by atoms with van der Waals surface area (Å²) in [5, 5.41) is 5.10. The van der Waals surface area contributed by atoms with Gasteiger partial charge in [-0.15, -0.1) is 0 Å². The van der Waals surface area contributed by atoms with E-state index in [-0.39, 0.29) is 9.79 Å². The first kappa shape index (κ1) is 18.2. The van der Waals surface area contributed by atoms with Crippen molar-refractivity contribution < 1.29 is 17.5 Å². The Bertz CT molecular complexity index is 1230. The maximum absolute atomic E-state index is 13.1. The van der Waals surface area contributed by atoms with Crippen LogP contribution in [0.3, 0.4) is 0 Å². The number of methoxy groups -OCH3 is 1. The van der Waals surface area contributed by atoms with E-state index in [0.717, 1.165) is 34.3 Å². The van der Waals surface area contributed by atoms with E-state index in [1.807, 2.05) is 28.9 Å². The molecule has 0 radical (unpaired) electrons. The lowest BCUT2D eigenvalue weighted by Crippen LogP contribution is -2.03. The fraction of sp³-hybridized carbons (Fsp3) is 0.0952. The highest BCUT2D eigenvalue weighted by atomic mass is 32.2. The van der Waals surface area contributed by atoms with Gasteiger partial charge in [0, 0.05) is 5.39 Å². The Morgan fingerprint density at radius 2 is 1.64 bits per heavy atom. The molecule has 1 heterocycles. The highest BCUT2D eigenvalue weighted by molar-refractivity contribution is 7.91. The molecule has 0 amide bonds. The van der Waals surface area contributed by atoms with Gasteiger partial charge in [-0.1, -0.05) is 12.1 Å². The van der Waals surface area contributed by atoms with Gasteiger partial charge in [-0.25, -0.2) is 12.8 Å². The summed E-state index contributed by atoms with van der Waals surface area (Å²) in [6.45, 7) is 0.553. The number of benzene rings is 3. The summed E-state index contributed by atoms with van der Waals surface area (Å²) in [4.78, 5) is 0.203. The lowest BCUT2D eigenvalue weighted by atomic mass is 10.2. The number of ether oxygens (including phenoxy) is 1. The maximum atomic E-state index is 13.1. The smallest absolute Gasteiger partial charge is 0.206 e. The van der Waals surface area contributed by atoms with Crippen LogP contribution < -0.4 is 4.74 Å². The summed E-state index contributed by atoms with van der Waals surface area (Å²) >= 11 is 0. The van der Waals surface area contributed by atoms with Gasteiger partial charge in [0.1, 0.15) is 11.6 Å². The third-order valence-corrected chi connectivity index (χ3v) is 6.31. The SMILES string of the molecule is COc1ccc(Cn2ncc3cc(S(=O)(=O)c4ccc(F)cc4)ccc32)cc1. The predicted octanol–water partition coefficient (Wildman–Crippen LogP) is 4.07.